The molecule has 0 spiro atoms. The largest absolute Gasteiger partial charge is 0.477 e. The highest BCUT2D eigenvalue weighted by Gasteiger charge is 2.41. The van der Waals surface area contributed by atoms with E-state index in [-0.39, 0.29) is 0 Å². The van der Waals surface area contributed by atoms with Crippen LogP contribution in [0.15, 0.2) is 0 Å². The van der Waals surface area contributed by atoms with Crippen LogP contribution in [0.2, 0.25) is 0 Å². The first-order valence-corrected chi connectivity index (χ1v) is 4.46. The maximum atomic E-state index is 10.5. The van der Waals surface area contributed by atoms with Crippen molar-refractivity contribution >= 4 is 5.97 Å². The van der Waals surface area contributed by atoms with Gasteiger partial charge >= 0.3 is 5.97 Å². The molecule has 0 aromatic heterocycles. The summed E-state index contributed by atoms with van der Waals surface area (Å²) in [6.45, 7) is 4.37. The number of rotatable bonds is 5. The molecule has 1 aliphatic heterocycles. The van der Waals surface area contributed by atoms with Crippen LogP contribution in [0.25, 0.3) is 0 Å². The topological polar surface area (TPSA) is 74.2 Å². The Kier molecular flexibility index (Phi) is 4.27. The van der Waals surface area contributed by atoms with Gasteiger partial charge in [0.25, 0.3) is 6.29 Å². The van der Waals surface area contributed by atoms with Gasteiger partial charge in [-0.05, 0) is 13.8 Å². The molecule has 1 fully saturated rings. The van der Waals surface area contributed by atoms with Gasteiger partial charge in [-0.15, -0.1) is 0 Å². The Hall–Kier alpha value is -0.690. The van der Waals surface area contributed by atoms with Crippen molar-refractivity contribution in [2.24, 2.45) is 0 Å². The molecule has 6 nitrogen and oxygen atoms in total. The third-order valence-electron chi connectivity index (χ3n) is 1.60. The molecule has 0 saturated carbocycles. The standard InChI is InChI=1S/C8H14O6/c1-3-11-7-8(12-4-2)14-6(13-7)5(9)10/h6-8H,3-4H2,1-2H3,(H,9,10). The van der Waals surface area contributed by atoms with Gasteiger partial charge in [-0.3, -0.25) is 0 Å². The summed E-state index contributed by atoms with van der Waals surface area (Å²) in [7, 11) is 0. The van der Waals surface area contributed by atoms with E-state index in [1.165, 1.54) is 0 Å². The predicted octanol–water partition coefficient (Wildman–Crippen LogP) is 0.169. The molecule has 0 amide bonds. The first-order valence-electron chi connectivity index (χ1n) is 4.46. The Labute approximate surface area is 81.7 Å². The Morgan fingerprint density at radius 2 is 1.64 bits per heavy atom. The van der Waals surface area contributed by atoms with Gasteiger partial charge in [0.15, 0.2) is 0 Å². The molecule has 0 aliphatic carbocycles. The van der Waals surface area contributed by atoms with E-state index in [1.54, 1.807) is 13.8 Å². The van der Waals surface area contributed by atoms with Gasteiger partial charge in [0.1, 0.15) is 0 Å². The van der Waals surface area contributed by atoms with Crippen LogP contribution >= 0.6 is 0 Å². The number of carbonyl (C=O) groups is 1. The minimum absolute atomic E-state index is 0.407. The Morgan fingerprint density at radius 1 is 1.21 bits per heavy atom. The van der Waals surface area contributed by atoms with E-state index in [4.69, 9.17) is 24.1 Å². The third kappa shape index (κ3) is 2.65. The van der Waals surface area contributed by atoms with Crippen LogP contribution in [-0.4, -0.2) is 43.2 Å². The summed E-state index contributed by atoms with van der Waals surface area (Å²) in [5, 5.41) is 8.62. The van der Waals surface area contributed by atoms with Crippen LogP contribution < -0.4 is 0 Å². The van der Waals surface area contributed by atoms with Crippen LogP contribution in [0, 0.1) is 0 Å². The molecule has 2 unspecified atom stereocenters. The van der Waals surface area contributed by atoms with Gasteiger partial charge in [0.05, 0.1) is 0 Å². The molecule has 82 valence electrons. The molecule has 6 heteroatoms. The number of hydrogen-bond donors (Lipinski definition) is 1. The number of carboxylic acids is 1. The summed E-state index contributed by atoms with van der Waals surface area (Å²) in [5.41, 5.74) is 0. The fraction of sp³-hybridized carbons (Fsp3) is 0.875. The molecule has 14 heavy (non-hydrogen) atoms. The average molecular weight is 206 g/mol. The minimum atomic E-state index is -1.30. The van der Waals surface area contributed by atoms with Crippen LogP contribution in [0.3, 0.4) is 0 Å². The summed E-state index contributed by atoms with van der Waals surface area (Å²) in [6, 6.07) is 0. The van der Waals surface area contributed by atoms with E-state index in [0.29, 0.717) is 13.2 Å². The Bertz CT molecular complexity index is 180. The van der Waals surface area contributed by atoms with Crippen molar-refractivity contribution in [3.63, 3.8) is 0 Å². The van der Waals surface area contributed by atoms with Crippen LogP contribution in [-0.2, 0) is 23.7 Å². The van der Waals surface area contributed by atoms with E-state index in [2.05, 4.69) is 0 Å². The highest BCUT2D eigenvalue weighted by molar-refractivity contribution is 5.70. The van der Waals surface area contributed by atoms with Crippen molar-refractivity contribution in [3.8, 4) is 0 Å². The lowest BCUT2D eigenvalue weighted by Crippen LogP contribution is -2.28. The Balaban J connectivity index is 2.50. The van der Waals surface area contributed by atoms with E-state index in [1.807, 2.05) is 0 Å². The fourth-order valence-electron chi connectivity index (χ4n) is 1.08. The maximum Gasteiger partial charge on any atom is 0.361 e. The molecule has 0 radical (unpaired) electrons. The molecular formula is C8H14O6. The second kappa shape index (κ2) is 5.26. The molecule has 0 aromatic rings. The normalized spacial score (nSPS) is 32.0. The number of ether oxygens (including phenoxy) is 4. The zero-order chi connectivity index (χ0) is 10.6. The van der Waals surface area contributed by atoms with Crippen molar-refractivity contribution in [1.82, 2.24) is 0 Å². The molecule has 0 aromatic carbocycles. The number of hydrogen-bond acceptors (Lipinski definition) is 5. The third-order valence-corrected chi connectivity index (χ3v) is 1.60. The molecule has 1 saturated heterocycles. The zero-order valence-electron chi connectivity index (χ0n) is 8.13. The van der Waals surface area contributed by atoms with Crippen molar-refractivity contribution in [2.75, 3.05) is 13.2 Å². The second-order valence-corrected chi connectivity index (χ2v) is 2.59. The lowest BCUT2D eigenvalue weighted by Gasteiger charge is -2.15. The number of aliphatic carboxylic acids is 1. The van der Waals surface area contributed by atoms with Gasteiger partial charge in [-0.2, -0.15) is 0 Å². The van der Waals surface area contributed by atoms with Gasteiger partial charge in [-0.1, -0.05) is 0 Å². The van der Waals surface area contributed by atoms with Gasteiger partial charge in [-0.25, -0.2) is 4.79 Å². The molecule has 1 heterocycles. The molecule has 2 atom stereocenters. The van der Waals surface area contributed by atoms with Crippen LogP contribution in [0.4, 0.5) is 0 Å². The molecule has 0 bridgehead atoms. The minimum Gasteiger partial charge on any atom is -0.477 e. The molecule has 1 N–H and O–H groups in total. The zero-order valence-corrected chi connectivity index (χ0v) is 8.13. The van der Waals surface area contributed by atoms with Gasteiger partial charge in [0.2, 0.25) is 12.6 Å². The lowest BCUT2D eigenvalue weighted by molar-refractivity contribution is -0.186. The van der Waals surface area contributed by atoms with E-state index in [0.717, 1.165) is 0 Å². The predicted molar refractivity (Wildman–Crippen MR) is 44.4 cm³/mol. The van der Waals surface area contributed by atoms with Crippen LogP contribution in [0.1, 0.15) is 13.8 Å². The first-order chi connectivity index (χ1) is 6.69. The lowest BCUT2D eigenvalue weighted by atomic mass is 10.6. The van der Waals surface area contributed by atoms with E-state index in [9.17, 15) is 4.79 Å². The summed E-state index contributed by atoms with van der Waals surface area (Å²) in [5.74, 6) is -1.18. The molecule has 1 aliphatic rings. The SMILES string of the molecule is CCOC1OC(C(=O)O)OC1OCC. The second-order valence-electron chi connectivity index (χ2n) is 2.59. The highest BCUT2D eigenvalue weighted by atomic mass is 16.9. The maximum absolute atomic E-state index is 10.5. The van der Waals surface area contributed by atoms with Crippen LogP contribution in [0.5, 0.6) is 0 Å². The smallest absolute Gasteiger partial charge is 0.361 e. The van der Waals surface area contributed by atoms with Crippen molar-refractivity contribution in [1.29, 1.82) is 0 Å². The van der Waals surface area contributed by atoms with Gasteiger partial charge < -0.3 is 24.1 Å². The average Bonchev–Trinajstić information content (AvgIpc) is 2.50. The summed E-state index contributed by atoms with van der Waals surface area (Å²) >= 11 is 0. The van der Waals surface area contributed by atoms with Crippen molar-refractivity contribution in [2.45, 2.75) is 32.7 Å². The van der Waals surface area contributed by atoms with Crippen molar-refractivity contribution in [3.05, 3.63) is 0 Å². The van der Waals surface area contributed by atoms with E-state index < -0.39 is 24.8 Å². The van der Waals surface area contributed by atoms with Gasteiger partial charge in [0, 0.05) is 13.2 Å². The first kappa shape index (κ1) is 11.4. The molecule has 1 rings (SSSR count). The molecular weight excluding hydrogens is 192 g/mol. The fourth-order valence-corrected chi connectivity index (χ4v) is 1.08. The summed E-state index contributed by atoms with van der Waals surface area (Å²) in [6.07, 6.45) is -2.83. The number of carboxylic acid groups (broad SMARTS) is 1. The van der Waals surface area contributed by atoms with E-state index >= 15 is 0 Å². The monoisotopic (exact) mass is 206 g/mol. The highest BCUT2D eigenvalue weighted by Crippen LogP contribution is 2.21. The summed E-state index contributed by atoms with van der Waals surface area (Å²) < 4.78 is 20.1. The Morgan fingerprint density at radius 3 is 1.93 bits per heavy atom. The summed E-state index contributed by atoms with van der Waals surface area (Å²) in [4.78, 5) is 10.5. The van der Waals surface area contributed by atoms with Crippen molar-refractivity contribution < 1.29 is 28.8 Å². The quantitative estimate of drug-likeness (QED) is 0.691.